The van der Waals surface area contributed by atoms with E-state index >= 15 is 0 Å². The fraction of sp³-hybridized carbons (Fsp3) is 0.136. The van der Waals surface area contributed by atoms with Crippen molar-refractivity contribution >= 4 is 11.5 Å². The molecule has 132 valence electrons. The largest absolute Gasteiger partial charge is 0.497 e. The predicted octanol–water partition coefficient (Wildman–Crippen LogP) is 5.26. The Balaban J connectivity index is 1.83. The Labute approximate surface area is 152 Å². The molecule has 0 unspecified atom stereocenters. The molecule has 26 heavy (non-hydrogen) atoms. The van der Waals surface area contributed by atoms with E-state index in [1.54, 1.807) is 7.11 Å². The van der Waals surface area contributed by atoms with Crippen LogP contribution in [0.4, 0.5) is 10.1 Å². The third-order valence-corrected chi connectivity index (χ3v) is 4.19. The number of ether oxygens (including phenoxy) is 1. The molecule has 1 atom stereocenters. The van der Waals surface area contributed by atoms with Crippen LogP contribution in [0.15, 0.2) is 78.9 Å². The van der Waals surface area contributed by atoms with E-state index in [0.29, 0.717) is 5.56 Å². The third-order valence-electron chi connectivity index (χ3n) is 4.19. The summed E-state index contributed by atoms with van der Waals surface area (Å²) in [4.78, 5) is 12.7. The molecule has 0 bridgehead atoms. The summed E-state index contributed by atoms with van der Waals surface area (Å²) >= 11 is 0. The number of carbonyl (C=O) groups excluding carboxylic acids is 1. The van der Waals surface area contributed by atoms with Crippen molar-refractivity contribution in [1.29, 1.82) is 0 Å². The van der Waals surface area contributed by atoms with Crippen molar-refractivity contribution in [2.24, 2.45) is 0 Å². The highest BCUT2D eigenvalue weighted by Crippen LogP contribution is 2.26. The van der Waals surface area contributed by atoms with Gasteiger partial charge in [0, 0.05) is 17.7 Å². The summed E-state index contributed by atoms with van der Waals surface area (Å²) in [6.45, 7) is 0. The van der Waals surface area contributed by atoms with Crippen molar-refractivity contribution in [3.8, 4) is 5.75 Å². The van der Waals surface area contributed by atoms with Crippen LogP contribution < -0.4 is 10.1 Å². The van der Waals surface area contributed by atoms with Crippen LogP contribution in [0.1, 0.15) is 28.4 Å². The number of hydrogen-bond acceptors (Lipinski definition) is 3. The highest BCUT2D eigenvalue weighted by atomic mass is 19.1. The third kappa shape index (κ3) is 4.48. The lowest BCUT2D eigenvalue weighted by atomic mass is 9.97. The highest BCUT2D eigenvalue weighted by Gasteiger charge is 2.17. The minimum atomic E-state index is -0.351. The maximum absolute atomic E-state index is 13.1. The van der Waals surface area contributed by atoms with Gasteiger partial charge in [-0.3, -0.25) is 4.79 Å². The highest BCUT2D eigenvalue weighted by molar-refractivity contribution is 5.96. The fourth-order valence-electron chi connectivity index (χ4n) is 2.76. The molecule has 0 aliphatic heterocycles. The van der Waals surface area contributed by atoms with Gasteiger partial charge in [0.2, 0.25) is 0 Å². The van der Waals surface area contributed by atoms with Crippen molar-refractivity contribution < 1.29 is 13.9 Å². The van der Waals surface area contributed by atoms with Gasteiger partial charge in [-0.1, -0.05) is 30.3 Å². The smallest absolute Gasteiger partial charge is 0.165 e. The van der Waals surface area contributed by atoms with Crippen molar-refractivity contribution in [3.63, 3.8) is 0 Å². The van der Waals surface area contributed by atoms with Gasteiger partial charge in [0.15, 0.2) is 5.78 Å². The van der Waals surface area contributed by atoms with Gasteiger partial charge in [0.05, 0.1) is 13.2 Å². The molecule has 0 aliphatic rings. The molecule has 4 heteroatoms. The summed E-state index contributed by atoms with van der Waals surface area (Å²) in [7, 11) is 1.62. The van der Waals surface area contributed by atoms with Crippen LogP contribution in [-0.4, -0.2) is 12.9 Å². The maximum atomic E-state index is 13.1. The Morgan fingerprint density at radius 1 is 0.962 bits per heavy atom. The van der Waals surface area contributed by atoms with Gasteiger partial charge in [0.25, 0.3) is 0 Å². The standard InChI is InChI=1S/C22H20FNO2/c1-26-20-13-9-16(10-14-20)21(24-19-5-3-2-4-6-19)15-22(25)17-7-11-18(23)12-8-17/h2-14,21,24H,15H2,1H3/t21-/m1/s1. The lowest BCUT2D eigenvalue weighted by molar-refractivity contribution is 0.0976. The number of anilines is 1. The SMILES string of the molecule is COc1ccc([C@@H](CC(=O)c2ccc(F)cc2)Nc2ccccc2)cc1. The average Bonchev–Trinajstić information content (AvgIpc) is 2.69. The molecule has 0 aromatic heterocycles. The van der Waals surface area contributed by atoms with Crippen molar-refractivity contribution in [1.82, 2.24) is 0 Å². The fourth-order valence-corrected chi connectivity index (χ4v) is 2.76. The summed E-state index contributed by atoms with van der Waals surface area (Å²) in [5.41, 5.74) is 2.41. The Hall–Kier alpha value is -3.14. The van der Waals surface area contributed by atoms with Crippen LogP contribution in [-0.2, 0) is 0 Å². The molecular formula is C22H20FNO2. The zero-order valence-electron chi connectivity index (χ0n) is 14.5. The number of nitrogens with one attached hydrogen (secondary N) is 1. The first-order valence-electron chi connectivity index (χ1n) is 8.40. The first-order valence-corrected chi connectivity index (χ1v) is 8.40. The van der Waals surface area contributed by atoms with Crippen molar-refractivity contribution in [2.45, 2.75) is 12.5 Å². The molecule has 0 radical (unpaired) electrons. The summed E-state index contributed by atoms with van der Waals surface area (Å²) in [5, 5.41) is 3.41. The van der Waals surface area contributed by atoms with E-state index in [0.717, 1.165) is 17.0 Å². The predicted molar refractivity (Wildman–Crippen MR) is 101 cm³/mol. The molecule has 3 rings (SSSR count). The first-order chi connectivity index (χ1) is 12.7. The lowest BCUT2D eigenvalue weighted by Gasteiger charge is -2.20. The number of carbonyl (C=O) groups is 1. The summed E-state index contributed by atoms with van der Waals surface area (Å²) in [6, 6.07) is 22.8. The van der Waals surface area contributed by atoms with Gasteiger partial charge in [-0.05, 0) is 54.1 Å². The minimum Gasteiger partial charge on any atom is -0.497 e. The van der Waals surface area contributed by atoms with Gasteiger partial charge in [0.1, 0.15) is 11.6 Å². The number of rotatable bonds is 7. The second-order valence-corrected chi connectivity index (χ2v) is 5.97. The minimum absolute atomic E-state index is 0.0470. The number of halogens is 1. The number of ketones is 1. The van der Waals surface area contributed by atoms with Gasteiger partial charge < -0.3 is 10.1 Å². The normalized spacial score (nSPS) is 11.6. The Kier molecular flexibility index (Phi) is 5.64. The van der Waals surface area contributed by atoms with E-state index in [9.17, 15) is 9.18 Å². The zero-order chi connectivity index (χ0) is 18.4. The van der Waals surface area contributed by atoms with Crippen LogP contribution in [0.5, 0.6) is 5.75 Å². The maximum Gasteiger partial charge on any atom is 0.165 e. The molecule has 0 spiro atoms. The van der Waals surface area contributed by atoms with E-state index in [-0.39, 0.29) is 24.1 Å². The topological polar surface area (TPSA) is 38.3 Å². The van der Waals surface area contributed by atoms with Gasteiger partial charge >= 0.3 is 0 Å². The van der Waals surface area contributed by atoms with Crippen molar-refractivity contribution in [3.05, 3.63) is 95.8 Å². The molecule has 1 N–H and O–H groups in total. The number of hydrogen-bond donors (Lipinski definition) is 1. The monoisotopic (exact) mass is 349 g/mol. The summed E-state index contributed by atoms with van der Waals surface area (Å²) in [5.74, 6) is 0.363. The quantitative estimate of drug-likeness (QED) is 0.591. The Bertz CT molecular complexity index is 846. The van der Waals surface area contributed by atoms with Gasteiger partial charge in [-0.2, -0.15) is 0 Å². The lowest BCUT2D eigenvalue weighted by Crippen LogP contribution is -2.16. The number of Topliss-reactive ketones (excluding diaryl/α,β-unsaturated/α-hetero) is 1. The first kappa shape index (κ1) is 17.7. The Morgan fingerprint density at radius 3 is 2.23 bits per heavy atom. The van der Waals surface area contributed by atoms with Crippen LogP contribution in [0.2, 0.25) is 0 Å². The molecule has 0 saturated heterocycles. The zero-order valence-corrected chi connectivity index (χ0v) is 14.5. The molecule has 0 amide bonds. The van der Waals surface area contributed by atoms with Crippen molar-refractivity contribution in [2.75, 3.05) is 12.4 Å². The van der Waals surface area contributed by atoms with Crippen LogP contribution >= 0.6 is 0 Å². The van der Waals surface area contributed by atoms with Crippen LogP contribution in [0, 0.1) is 5.82 Å². The Morgan fingerprint density at radius 2 is 1.62 bits per heavy atom. The van der Waals surface area contributed by atoms with Gasteiger partial charge in [-0.15, -0.1) is 0 Å². The van der Waals surface area contributed by atoms with E-state index in [4.69, 9.17) is 4.74 Å². The van der Waals surface area contributed by atoms with E-state index in [2.05, 4.69) is 5.32 Å². The van der Waals surface area contributed by atoms with Gasteiger partial charge in [-0.25, -0.2) is 4.39 Å². The molecular weight excluding hydrogens is 329 g/mol. The summed E-state index contributed by atoms with van der Waals surface area (Å²) < 4.78 is 18.3. The number of benzene rings is 3. The summed E-state index contributed by atoms with van der Waals surface area (Å²) in [6.07, 6.45) is 0.257. The molecule has 3 nitrogen and oxygen atoms in total. The molecule has 0 saturated carbocycles. The van der Waals surface area contributed by atoms with E-state index in [1.807, 2.05) is 54.6 Å². The molecule has 0 fully saturated rings. The molecule has 3 aromatic carbocycles. The van der Waals surface area contributed by atoms with E-state index in [1.165, 1.54) is 24.3 Å². The molecule has 0 heterocycles. The number of methoxy groups -OCH3 is 1. The van der Waals surface area contributed by atoms with E-state index < -0.39 is 0 Å². The molecule has 0 aliphatic carbocycles. The number of para-hydroxylation sites is 1. The van der Waals surface area contributed by atoms with Crippen LogP contribution in [0.25, 0.3) is 0 Å². The second kappa shape index (κ2) is 8.30. The average molecular weight is 349 g/mol. The van der Waals surface area contributed by atoms with Crippen LogP contribution in [0.3, 0.4) is 0 Å². The molecule has 3 aromatic rings. The second-order valence-electron chi connectivity index (χ2n) is 5.97.